The van der Waals surface area contributed by atoms with Gasteiger partial charge in [-0.25, -0.2) is 13.0 Å². The molecule has 32 heavy (non-hydrogen) atoms. The van der Waals surface area contributed by atoms with Crippen LogP contribution in [0.1, 0.15) is 22.3 Å². The van der Waals surface area contributed by atoms with Crippen molar-refractivity contribution >= 4 is 33.6 Å². The Labute approximate surface area is 190 Å². The Morgan fingerprint density at radius 1 is 0.938 bits per heavy atom. The zero-order chi connectivity index (χ0) is 23.2. The Hall–Kier alpha value is -3.20. The van der Waals surface area contributed by atoms with Crippen molar-refractivity contribution in [2.75, 3.05) is 24.7 Å². The summed E-state index contributed by atoms with van der Waals surface area (Å²) in [6, 6.07) is 15.7. The maximum atomic E-state index is 10.7. The highest BCUT2D eigenvalue weighted by atomic mass is 32.2. The number of aromatic nitrogens is 1. The summed E-state index contributed by atoms with van der Waals surface area (Å²) < 4.78 is 34.2. The molecule has 2 aromatic carbocycles. The second-order valence-corrected chi connectivity index (χ2v) is 8.91. The predicted octanol–water partition coefficient (Wildman–Crippen LogP) is 2.71. The summed E-state index contributed by atoms with van der Waals surface area (Å²) in [6.07, 6.45) is 8.36. The van der Waals surface area contributed by atoms with Crippen LogP contribution in [-0.2, 0) is 17.2 Å². The fraction of sp³-hybridized carbons (Fsp3) is 0.208. The number of nitrogens with two attached hydrogens (primary N) is 1. The van der Waals surface area contributed by atoms with Gasteiger partial charge in [0.1, 0.15) is 17.2 Å². The van der Waals surface area contributed by atoms with E-state index in [1.807, 2.05) is 11.6 Å². The van der Waals surface area contributed by atoms with Gasteiger partial charge in [0.2, 0.25) is 0 Å². The molecule has 7 nitrogen and oxygen atoms in total. The average Bonchev–Trinajstić information content (AvgIpc) is 2.70. The van der Waals surface area contributed by atoms with Gasteiger partial charge in [-0.3, -0.25) is 0 Å². The van der Waals surface area contributed by atoms with Gasteiger partial charge in [0.05, 0.1) is 10.6 Å². The maximum Gasteiger partial charge on any atom is 0.169 e. The first kappa shape index (κ1) is 26.8. The summed E-state index contributed by atoms with van der Waals surface area (Å²) in [7, 11) is 1.67. The molecule has 0 aliphatic carbocycles. The molecule has 0 spiro atoms. The van der Waals surface area contributed by atoms with E-state index in [0.29, 0.717) is 11.1 Å². The maximum absolute atomic E-state index is 10.7. The molecule has 0 fully saturated rings. The van der Waals surface area contributed by atoms with E-state index < -0.39 is 10.1 Å². The second kappa shape index (κ2) is 11.4. The third-order valence-electron chi connectivity index (χ3n) is 4.64. The average molecular weight is 458 g/mol. The molecule has 1 aromatic heterocycles. The number of nitrogens with zero attached hydrogens (tertiary/aromatic N) is 2. The Morgan fingerprint density at radius 3 is 1.91 bits per heavy atom. The standard InChI is InChI=1S/C16H19N2.C8H11NO3S.H2O/c1-17(2)16-8-6-14(7-9-16)4-5-15-10-12-18(3)13-11-15;1-5-3-6(2)8(9)7(4-5)13(10,11)12;/h4-13H,1-3H3;3-4H,9H2,1-2H3,(H,10,11,12);1H2/q+1;;/p-1. The van der Waals surface area contributed by atoms with Gasteiger partial charge >= 0.3 is 0 Å². The molecule has 172 valence electrons. The molecule has 3 aromatic rings. The molecule has 0 aliphatic rings. The van der Waals surface area contributed by atoms with Gasteiger partial charge in [0.15, 0.2) is 12.4 Å². The van der Waals surface area contributed by atoms with E-state index in [9.17, 15) is 13.0 Å². The summed E-state index contributed by atoms with van der Waals surface area (Å²) in [5.41, 5.74) is 10.5. The SMILES string of the molecule is CN(C)c1ccc(/C=C/c2cc[n+](C)cc2)cc1.Cc1cc(C)c(N)c(S(=O)(=O)[O-])c1.O. The number of benzene rings is 2. The van der Waals surface area contributed by atoms with Crippen LogP contribution in [0.2, 0.25) is 0 Å². The molecule has 0 atom stereocenters. The predicted molar refractivity (Wildman–Crippen MR) is 129 cm³/mol. The first-order valence-electron chi connectivity index (χ1n) is 9.71. The normalized spacial score (nSPS) is 10.8. The van der Waals surface area contributed by atoms with Crippen LogP contribution in [0, 0.1) is 13.8 Å². The van der Waals surface area contributed by atoms with Crippen molar-refractivity contribution in [1.29, 1.82) is 0 Å². The number of rotatable bonds is 4. The molecule has 0 saturated heterocycles. The van der Waals surface area contributed by atoms with Gasteiger partial charge in [0.25, 0.3) is 0 Å². The van der Waals surface area contributed by atoms with Crippen molar-refractivity contribution in [3.63, 3.8) is 0 Å². The Bertz CT molecular complexity index is 1160. The van der Waals surface area contributed by atoms with Gasteiger partial charge in [-0.2, -0.15) is 0 Å². The van der Waals surface area contributed by atoms with Crippen molar-refractivity contribution in [3.8, 4) is 0 Å². The van der Waals surface area contributed by atoms with Gasteiger partial charge in [-0.1, -0.05) is 30.4 Å². The minimum absolute atomic E-state index is 0. The van der Waals surface area contributed by atoms with E-state index in [-0.39, 0.29) is 16.1 Å². The Kier molecular flexibility index (Phi) is 9.58. The fourth-order valence-electron chi connectivity index (χ4n) is 2.85. The topological polar surface area (TPSA) is 122 Å². The zero-order valence-corrected chi connectivity index (χ0v) is 19.8. The molecule has 8 heteroatoms. The summed E-state index contributed by atoms with van der Waals surface area (Å²) in [5, 5.41) is 0. The third-order valence-corrected chi connectivity index (χ3v) is 5.52. The third kappa shape index (κ3) is 7.81. The highest BCUT2D eigenvalue weighted by Crippen LogP contribution is 2.23. The minimum atomic E-state index is -4.45. The quantitative estimate of drug-likeness (QED) is 0.367. The van der Waals surface area contributed by atoms with Gasteiger partial charge < -0.3 is 20.7 Å². The summed E-state index contributed by atoms with van der Waals surface area (Å²) >= 11 is 0. The molecule has 0 amide bonds. The van der Waals surface area contributed by atoms with E-state index in [1.165, 1.54) is 22.9 Å². The molecule has 0 bridgehead atoms. The molecule has 0 saturated carbocycles. The molecule has 1 heterocycles. The minimum Gasteiger partial charge on any atom is -0.744 e. The molecular weight excluding hydrogens is 426 g/mol. The first-order valence-corrected chi connectivity index (χ1v) is 11.1. The molecule has 0 radical (unpaired) electrons. The van der Waals surface area contributed by atoms with Crippen LogP contribution in [0.3, 0.4) is 0 Å². The summed E-state index contributed by atoms with van der Waals surface area (Å²) in [6.45, 7) is 3.37. The molecular formula is C24H31N3O4S. The van der Waals surface area contributed by atoms with Crippen LogP contribution >= 0.6 is 0 Å². The number of anilines is 2. The highest BCUT2D eigenvalue weighted by Gasteiger charge is 2.09. The number of pyridine rings is 1. The largest absolute Gasteiger partial charge is 0.744 e. The smallest absolute Gasteiger partial charge is 0.169 e. The molecule has 0 aliphatic heterocycles. The van der Waals surface area contributed by atoms with Crippen LogP contribution < -0.4 is 15.2 Å². The van der Waals surface area contributed by atoms with Crippen molar-refractivity contribution < 1.29 is 23.0 Å². The number of nitrogen functional groups attached to an aromatic ring is 1. The van der Waals surface area contributed by atoms with E-state index in [2.05, 4.69) is 79.9 Å². The number of hydrogen-bond donors (Lipinski definition) is 1. The van der Waals surface area contributed by atoms with Crippen molar-refractivity contribution in [2.24, 2.45) is 7.05 Å². The van der Waals surface area contributed by atoms with E-state index in [1.54, 1.807) is 19.9 Å². The van der Waals surface area contributed by atoms with Crippen molar-refractivity contribution in [1.82, 2.24) is 0 Å². The number of aryl methyl sites for hydroxylation is 3. The first-order chi connectivity index (χ1) is 14.5. The molecule has 0 unspecified atom stereocenters. The van der Waals surface area contributed by atoms with Crippen molar-refractivity contribution in [3.05, 3.63) is 83.2 Å². The van der Waals surface area contributed by atoms with Crippen LogP contribution in [0.4, 0.5) is 11.4 Å². The van der Waals surface area contributed by atoms with Crippen LogP contribution in [0.15, 0.2) is 65.8 Å². The summed E-state index contributed by atoms with van der Waals surface area (Å²) in [4.78, 5) is 1.77. The fourth-order valence-corrected chi connectivity index (χ4v) is 3.61. The lowest BCUT2D eigenvalue weighted by Crippen LogP contribution is -2.25. The van der Waals surface area contributed by atoms with Gasteiger partial charge in [-0.05, 0) is 54.3 Å². The lowest BCUT2D eigenvalue weighted by molar-refractivity contribution is -0.671. The zero-order valence-electron chi connectivity index (χ0n) is 19.0. The Morgan fingerprint density at radius 2 is 1.44 bits per heavy atom. The molecule has 4 N–H and O–H groups in total. The van der Waals surface area contributed by atoms with E-state index in [0.717, 1.165) is 0 Å². The van der Waals surface area contributed by atoms with Crippen molar-refractivity contribution in [2.45, 2.75) is 18.7 Å². The highest BCUT2D eigenvalue weighted by molar-refractivity contribution is 7.86. The van der Waals surface area contributed by atoms with E-state index in [4.69, 9.17) is 5.73 Å². The van der Waals surface area contributed by atoms with E-state index >= 15 is 0 Å². The lowest BCUT2D eigenvalue weighted by atomic mass is 10.1. The number of hydrogen-bond acceptors (Lipinski definition) is 5. The Balaban J connectivity index is 0.000000327. The van der Waals surface area contributed by atoms with Crippen LogP contribution in [-0.4, -0.2) is 32.5 Å². The van der Waals surface area contributed by atoms with Crippen LogP contribution in [0.5, 0.6) is 0 Å². The lowest BCUT2D eigenvalue weighted by Gasteiger charge is -2.12. The van der Waals surface area contributed by atoms with Crippen LogP contribution in [0.25, 0.3) is 12.2 Å². The summed E-state index contributed by atoms with van der Waals surface area (Å²) in [5.74, 6) is 0. The molecule has 3 rings (SSSR count). The van der Waals surface area contributed by atoms with Gasteiger partial charge in [0, 0.05) is 31.9 Å². The monoisotopic (exact) mass is 457 g/mol. The van der Waals surface area contributed by atoms with Gasteiger partial charge in [-0.15, -0.1) is 0 Å². The second-order valence-electron chi connectivity index (χ2n) is 7.56.